The maximum atomic E-state index is 12.1. The molecule has 4 rings (SSSR count). The van der Waals surface area contributed by atoms with E-state index in [4.69, 9.17) is 0 Å². The molecule has 2 fully saturated rings. The molecule has 15 heteroatoms. The fraction of sp³-hybridized carbons (Fsp3) is 0.645. The number of carbonyl (C=O) groups is 4. The normalized spacial score (nSPS) is 24.6. The van der Waals surface area contributed by atoms with Gasteiger partial charge in [0.15, 0.2) is 0 Å². The van der Waals surface area contributed by atoms with E-state index in [0.717, 1.165) is 23.5 Å². The SMILES string of the molecule is C=C.CC1=CC(CC[C@@H]2[C@@H]([C@@H](C)O)C(=O)N2CC(=O)[O-])NN1C.COC(=O)CN1C(=O)[C@H]([C@@H](C)O)[C@H]1CCc1cc(C)n(C)n1.[Na+]. The standard InChI is InChI=1S/C15H23N3O4.C14H23N3O4.C2H4.Na/c1-9-7-11(16-17(9)3)5-6-12-14(10(2)19)15(21)18(12)8-13(20)22-4;1-8-6-10(15-16(8)3)4-5-11-13(9(2)18)14(21)17(11)7-12(19)20;1-2;/h7,10,12,14,19H,5-6,8H2,1-4H3;6,9-11,13,15,18H,4-5,7H2,1-3H3,(H,19,20);1-2H2;/q;;;+1/p-1/t10-,12-,14-;9-,10?,11-,13-;;/m11../s1. The molecule has 4 heterocycles. The van der Waals surface area contributed by atoms with E-state index in [1.807, 2.05) is 39.0 Å². The number of methoxy groups -OCH3 is 1. The third-order valence-electron chi connectivity index (χ3n) is 8.60. The summed E-state index contributed by atoms with van der Waals surface area (Å²) in [6.45, 7) is 12.7. The van der Waals surface area contributed by atoms with Gasteiger partial charge in [-0.1, -0.05) is 0 Å². The first-order chi connectivity index (χ1) is 21.2. The van der Waals surface area contributed by atoms with Crippen LogP contribution >= 0.6 is 0 Å². The maximum absolute atomic E-state index is 12.1. The number of nitrogens with one attached hydrogen (secondary N) is 1. The van der Waals surface area contributed by atoms with Gasteiger partial charge in [0.25, 0.3) is 0 Å². The van der Waals surface area contributed by atoms with E-state index in [1.54, 1.807) is 18.5 Å². The van der Waals surface area contributed by atoms with Crippen molar-refractivity contribution < 1.29 is 68.8 Å². The number of hydrazine groups is 1. The van der Waals surface area contributed by atoms with E-state index in [2.05, 4.69) is 34.5 Å². The van der Waals surface area contributed by atoms with E-state index in [-0.39, 0.29) is 66.0 Å². The Morgan fingerprint density at radius 1 is 1.00 bits per heavy atom. The number of hydrogen-bond donors (Lipinski definition) is 3. The maximum Gasteiger partial charge on any atom is 1.00 e. The van der Waals surface area contributed by atoms with Gasteiger partial charge in [0.05, 0.1) is 49.4 Å². The summed E-state index contributed by atoms with van der Waals surface area (Å²) in [4.78, 5) is 48.9. The number of carboxylic acid groups (broad SMARTS) is 1. The predicted molar refractivity (Wildman–Crippen MR) is 164 cm³/mol. The number of hydrogen-bond acceptors (Lipinski definition) is 11. The number of rotatable bonds is 12. The number of aliphatic hydroxyl groups excluding tert-OH is 2. The van der Waals surface area contributed by atoms with Crippen LogP contribution in [0.15, 0.2) is 31.0 Å². The van der Waals surface area contributed by atoms with E-state index < -0.39 is 42.5 Å². The van der Waals surface area contributed by atoms with Crippen molar-refractivity contribution >= 4 is 23.8 Å². The average Bonchev–Trinajstić information content (AvgIpc) is 3.48. The zero-order valence-corrected chi connectivity index (χ0v) is 30.4. The van der Waals surface area contributed by atoms with Gasteiger partial charge < -0.3 is 39.7 Å². The van der Waals surface area contributed by atoms with Crippen LogP contribution in [0.5, 0.6) is 0 Å². The molecule has 2 amide bonds. The van der Waals surface area contributed by atoms with Crippen LogP contribution < -0.4 is 40.1 Å². The molecule has 3 N–H and O–H groups in total. The minimum Gasteiger partial charge on any atom is -0.548 e. The summed E-state index contributed by atoms with van der Waals surface area (Å²) in [6.07, 6.45) is 3.38. The molecule has 0 saturated carbocycles. The molecule has 1 aromatic rings. The molecule has 0 radical (unpaired) electrons. The predicted octanol–water partition coefficient (Wildman–Crippen LogP) is -3.71. The molecular formula is C31H49N6NaO8. The van der Waals surface area contributed by atoms with Gasteiger partial charge in [0.1, 0.15) is 6.54 Å². The van der Waals surface area contributed by atoms with Crippen LogP contribution in [-0.2, 0) is 37.4 Å². The summed E-state index contributed by atoms with van der Waals surface area (Å²) in [5.74, 6) is -3.17. The van der Waals surface area contributed by atoms with Gasteiger partial charge in [-0.3, -0.25) is 19.1 Å². The summed E-state index contributed by atoms with van der Waals surface area (Å²) in [5, 5.41) is 36.5. The van der Waals surface area contributed by atoms with Crippen molar-refractivity contribution in [2.45, 2.75) is 83.7 Å². The van der Waals surface area contributed by atoms with Crippen LogP contribution in [0.1, 0.15) is 51.4 Å². The Labute approximate surface area is 293 Å². The number of aliphatic carboxylic acids is 1. The topological polar surface area (TPSA) is 181 Å². The second kappa shape index (κ2) is 18.6. The molecule has 0 bridgehead atoms. The molecule has 0 spiro atoms. The number of β-lactam (4-membered cyclic amide) rings is 2. The molecule has 7 atom stereocenters. The number of carboxylic acids is 1. The van der Waals surface area contributed by atoms with Crippen LogP contribution in [0.3, 0.4) is 0 Å². The van der Waals surface area contributed by atoms with Crippen LogP contribution in [0, 0.1) is 18.8 Å². The zero-order chi connectivity index (χ0) is 34.2. The fourth-order valence-electron chi connectivity index (χ4n) is 6.06. The number of allylic oxidation sites excluding steroid dienone is 1. The Kier molecular flexibility index (Phi) is 16.6. The van der Waals surface area contributed by atoms with Crippen molar-refractivity contribution in [3.8, 4) is 0 Å². The summed E-state index contributed by atoms with van der Waals surface area (Å²) in [6, 6.07) is 1.78. The summed E-state index contributed by atoms with van der Waals surface area (Å²) in [5.41, 5.74) is 6.41. The second-order valence-corrected chi connectivity index (χ2v) is 11.7. The molecule has 3 aliphatic rings. The summed E-state index contributed by atoms with van der Waals surface area (Å²) < 4.78 is 6.42. The second-order valence-electron chi connectivity index (χ2n) is 11.7. The Hall–Kier alpha value is -2.75. The first-order valence-corrected chi connectivity index (χ1v) is 15.1. The van der Waals surface area contributed by atoms with Crippen LogP contribution in [0.25, 0.3) is 0 Å². The molecule has 0 aliphatic carbocycles. The van der Waals surface area contributed by atoms with Crippen molar-refractivity contribution in [2.75, 3.05) is 27.2 Å². The van der Waals surface area contributed by atoms with Gasteiger partial charge in [0.2, 0.25) is 11.8 Å². The van der Waals surface area contributed by atoms with Crippen molar-refractivity contribution in [2.24, 2.45) is 18.9 Å². The molecule has 1 unspecified atom stereocenters. The quantitative estimate of drug-likeness (QED) is 0.0872. The number of likely N-dealkylation sites (tertiary alicyclic amines) is 2. The van der Waals surface area contributed by atoms with Crippen LogP contribution in [0.4, 0.5) is 0 Å². The Morgan fingerprint density at radius 2 is 1.52 bits per heavy atom. The Bertz CT molecular complexity index is 1220. The van der Waals surface area contributed by atoms with Crippen molar-refractivity contribution in [3.05, 3.63) is 42.4 Å². The summed E-state index contributed by atoms with van der Waals surface area (Å²) >= 11 is 0. The summed E-state index contributed by atoms with van der Waals surface area (Å²) in [7, 11) is 5.11. The van der Waals surface area contributed by atoms with Crippen LogP contribution in [-0.4, -0.2) is 116 Å². The van der Waals surface area contributed by atoms with Gasteiger partial charge in [-0.25, -0.2) is 5.43 Å². The molecule has 252 valence electrons. The number of amides is 2. The third kappa shape index (κ3) is 10.1. The van der Waals surface area contributed by atoms with Crippen molar-refractivity contribution in [3.63, 3.8) is 0 Å². The molecule has 0 aromatic carbocycles. The van der Waals surface area contributed by atoms with Gasteiger partial charge >= 0.3 is 35.5 Å². The van der Waals surface area contributed by atoms with E-state index in [0.29, 0.717) is 19.3 Å². The fourth-order valence-corrected chi connectivity index (χ4v) is 6.06. The third-order valence-corrected chi connectivity index (χ3v) is 8.60. The van der Waals surface area contributed by atoms with Crippen molar-refractivity contribution in [1.82, 2.24) is 30.0 Å². The monoisotopic (exact) mass is 656 g/mol. The number of ether oxygens (including phenoxy) is 1. The van der Waals surface area contributed by atoms with Gasteiger partial charge in [-0.05, 0) is 65.5 Å². The minimum absolute atomic E-state index is 0. The molecule has 14 nitrogen and oxygen atoms in total. The number of carbonyl (C=O) groups excluding carboxylic acids is 4. The average molecular weight is 657 g/mol. The molecule has 1 aromatic heterocycles. The van der Waals surface area contributed by atoms with E-state index in [9.17, 15) is 34.5 Å². The molecule has 2 saturated heterocycles. The first-order valence-electron chi connectivity index (χ1n) is 15.1. The molecular weight excluding hydrogens is 607 g/mol. The first kappa shape index (κ1) is 41.3. The number of aryl methyl sites for hydroxylation is 3. The Balaban J connectivity index is 0.000000428. The number of nitrogens with zero attached hydrogens (tertiary/aromatic N) is 5. The Morgan fingerprint density at radius 3 is 1.93 bits per heavy atom. The smallest absolute Gasteiger partial charge is 0.548 e. The zero-order valence-electron chi connectivity index (χ0n) is 28.4. The largest absolute Gasteiger partial charge is 1.00 e. The minimum atomic E-state index is -1.27. The van der Waals surface area contributed by atoms with E-state index in [1.165, 1.54) is 16.9 Å². The number of esters is 1. The van der Waals surface area contributed by atoms with Crippen LogP contribution in [0.2, 0.25) is 0 Å². The van der Waals surface area contributed by atoms with Gasteiger partial charge in [-0.15, -0.1) is 13.2 Å². The van der Waals surface area contributed by atoms with Gasteiger partial charge in [-0.2, -0.15) is 5.10 Å². The van der Waals surface area contributed by atoms with Crippen molar-refractivity contribution in [1.29, 1.82) is 0 Å². The van der Waals surface area contributed by atoms with E-state index >= 15 is 0 Å². The number of aromatic nitrogens is 2. The van der Waals surface area contributed by atoms with Gasteiger partial charge in [0, 0.05) is 43.6 Å². The molecule has 46 heavy (non-hydrogen) atoms. The number of aliphatic hydroxyl groups is 2. The molecule has 3 aliphatic heterocycles.